The molecule has 0 spiro atoms. The van der Waals surface area contributed by atoms with E-state index in [0.29, 0.717) is 0 Å². The number of aliphatic hydroxyl groups excluding tert-OH is 1. The quantitative estimate of drug-likeness (QED) is 0.498. The van der Waals surface area contributed by atoms with Gasteiger partial charge in [-0.1, -0.05) is 20.8 Å². The molecule has 0 rings (SSSR count). The average molecular weight is 165 g/mol. The van der Waals surface area contributed by atoms with Gasteiger partial charge in [-0.3, -0.25) is 0 Å². The minimum Gasteiger partial charge on any atom is -0.346 e. The first-order chi connectivity index (χ1) is 5.08. The smallest absolute Gasteiger partial charge is 0.263 e. The van der Waals surface area contributed by atoms with Crippen LogP contribution in [0, 0.1) is 0 Å². The molecule has 0 radical (unpaired) electrons. The lowest BCUT2D eigenvalue weighted by atomic mass is 10.5. The van der Waals surface area contributed by atoms with Gasteiger partial charge in [-0.2, -0.15) is 0 Å². The predicted octanol–water partition coefficient (Wildman–Crippen LogP) is -0.405. The van der Waals surface area contributed by atoms with E-state index < -0.39 is 6.48 Å². The first kappa shape index (κ1) is 13.4. The molecule has 4 heteroatoms. The second kappa shape index (κ2) is 9.84. The predicted molar refractivity (Wildman–Crippen MR) is 43.9 cm³/mol. The molecule has 0 unspecified atom stereocenters. The Kier molecular flexibility index (Phi) is 12.0. The molecule has 3 N–H and O–H groups in total. The molecule has 0 saturated carbocycles. The van der Waals surface area contributed by atoms with Crippen molar-refractivity contribution in [3.05, 3.63) is 0 Å². The van der Waals surface area contributed by atoms with Gasteiger partial charge in [0.15, 0.2) is 0 Å². The second-order valence-electron chi connectivity index (χ2n) is 1.97. The molecule has 0 heterocycles. The maximum atomic E-state index is 7.17. The second-order valence-corrected chi connectivity index (χ2v) is 1.97. The lowest BCUT2D eigenvalue weighted by molar-refractivity contribution is -0.198. The van der Waals surface area contributed by atoms with Gasteiger partial charge in [0.25, 0.3) is 6.48 Å². The molecule has 0 bridgehead atoms. The van der Waals surface area contributed by atoms with E-state index in [4.69, 9.17) is 15.3 Å². The van der Waals surface area contributed by atoms with E-state index in [1.54, 1.807) is 0 Å². The van der Waals surface area contributed by atoms with Crippen LogP contribution in [0.4, 0.5) is 0 Å². The van der Waals surface area contributed by atoms with E-state index in [0.717, 1.165) is 0 Å². The minimum absolute atomic E-state index is 1.19. The maximum absolute atomic E-state index is 7.17. The molecular formula is C7H19NO3. The third-order valence-corrected chi connectivity index (χ3v) is 1.34. The van der Waals surface area contributed by atoms with Crippen molar-refractivity contribution in [2.24, 2.45) is 0 Å². The van der Waals surface area contributed by atoms with E-state index in [1.807, 2.05) is 0 Å². The molecule has 0 aromatic heterocycles. The van der Waals surface area contributed by atoms with E-state index in [1.165, 1.54) is 19.6 Å². The number of aliphatic hydroxyl groups is 3. The topological polar surface area (TPSA) is 63.9 Å². The first-order valence-electron chi connectivity index (χ1n) is 3.84. The van der Waals surface area contributed by atoms with E-state index >= 15 is 0 Å². The van der Waals surface area contributed by atoms with Gasteiger partial charge in [0.05, 0.1) is 0 Å². The summed E-state index contributed by atoms with van der Waals surface area (Å²) in [6.45, 7) is 7.96. The Morgan fingerprint density at radius 2 is 1.09 bits per heavy atom. The van der Waals surface area contributed by atoms with Crippen molar-refractivity contribution in [3.63, 3.8) is 0 Å². The zero-order valence-electron chi connectivity index (χ0n) is 7.49. The van der Waals surface area contributed by atoms with Crippen molar-refractivity contribution in [1.29, 1.82) is 0 Å². The molecule has 0 aromatic rings. The summed E-state index contributed by atoms with van der Waals surface area (Å²) in [7, 11) is 0. The zero-order chi connectivity index (χ0) is 9.28. The fourth-order valence-electron chi connectivity index (χ4n) is 0.671. The summed E-state index contributed by atoms with van der Waals surface area (Å²) in [6, 6.07) is 0. The Bertz CT molecular complexity index is 56.4. The summed E-state index contributed by atoms with van der Waals surface area (Å²) in [5.41, 5.74) is 0. The van der Waals surface area contributed by atoms with Crippen LogP contribution in [0.5, 0.6) is 0 Å². The Balaban J connectivity index is 0. The van der Waals surface area contributed by atoms with Gasteiger partial charge in [0, 0.05) is 0 Å². The highest BCUT2D eigenvalue weighted by Gasteiger charge is 1.89. The fraction of sp³-hybridized carbons (Fsp3) is 1.00. The molecule has 0 aliphatic rings. The molecule has 0 saturated heterocycles. The van der Waals surface area contributed by atoms with Gasteiger partial charge in [0.2, 0.25) is 0 Å². The SMILES string of the molecule is CCN(CC)CC.OC(O)O. The summed E-state index contributed by atoms with van der Waals surface area (Å²) in [6.07, 6.45) is 0. The first-order valence-corrected chi connectivity index (χ1v) is 3.84. The molecule has 0 aliphatic heterocycles. The maximum Gasteiger partial charge on any atom is 0.263 e. The fourth-order valence-corrected chi connectivity index (χ4v) is 0.671. The summed E-state index contributed by atoms with van der Waals surface area (Å²) in [5, 5.41) is 21.5. The van der Waals surface area contributed by atoms with Gasteiger partial charge in [-0.05, 0) is 19.6 Å². The van der Waals surface area contributed by atoms with Gasteiger partial charge in [0.1, 0.15) is 0 Å². The van der Waals surface area contributed by atoms with Gasteiger partial charge in [-0.15, -0.1) is 0 Å². The van der Waals surface area contributed by atoms with E-state index in [2.05, 4.69) is 25.7 Å². The lowest BCUT2D eigenvalue weighted by Crippen LogP contribution is -2.21. The highest BCUT2D eigenvalue weighted by Crippen LogP contribution is 1.81. The van der Waals surface area contributed by atoms with Crippen LogP contribution >= 0.6 is 0 Å². The normalized spacial score (nSPS) is 9.82. The molecule has 4 nitrogen and oxygen atoms in total. The third-order valence-electron chi connectivity index (χ3n) is 1.34. The van der Waals surface area contributed by atoms with Crippen LogP contribution in [0.1, 0.15) is 20.8 Å². The van der Waals surface area contributed by atoms with Crippen LogP contribution in [0.2, 0.25) is 0 Å². The molecule has 70 valence electrons. The summed E-state index contributed by atoms with van der Waals surface area (Å²) < 4.78 is 0. The summed E-state index contributed by atoms with van der Waals surface area (Å²) in [5.74, 6) is 0. The molecule has 0 aromatic carbocycles. The number of rotatable bonds is 3. The molecule has 0 aliphatic carbocycles. The summed E-state index contributed by atoms with van der Waals surface area (Å²) >= 11 is 0. The minimum atomic E-state index is -2.17. The number of hydrogen-bond acceptors (Lipinski definition) is 4. The van der Waals surface area contributed by atoms with Crippen LogP contribution in [-0.4, -0.2) is 46.3 Å². The monoisotopic (exact) mass is 165 g/mol. The standard InChI is InChI=1S/C6H15N.CH4O3/c1-4-7(5-2)6-3;2-1(3)4/h4-6H2,1-3H3;1-4H. The Labute approximate surface area is 68.1 Å². The van der Waals surface area contributed by atoms with Crippen LogP contribution < -0.4 is 0 Å². The molecular weight excluding hydrogens is 146 g/mol. The van der Waals surface area contributed by atoms with Crippen LogP contribution in [-0.2, 0) is 0 Å². The number of nitrogens with zero attached hydrogens (tertiary/aromatic N) is 1. The number of hydrogen-bond donors (Lipinski definition) is 3. The highest BCUT2D eigenvalue weighted by atomic mass is 16.6. The van der Waals surface area contributed by atoms with E-state index in [9.17, 15) is 0 Å². The lowest BCUT2D eigenvalue weighted by Gasteiger charge is -2.13. The summed E-state index contributed by atoms with van der Waals surface area (Å²) in [4.78, 5) is 2.38. The third kappa shape index (κ3) is 17.7. The van der Waals surface area contributed by atoms with Crippen molar-refractivity contribution in [1.82, 2.24) is 4.90 Å². The van der Waals surface area contributed by atoms with Crippen LogP contribution in [0.15, 0.2) is 0 Å². The Morgan fingerprint density at radius 3 is 1.09 bits per heavy atom. The van der Waals surface area contributed by atoms with E-state index in [-0.39, 0.29) is 0 Å². The Hall–Kier alpha value is -0.160. The largest absolute Gasteiger partial charge is 0.346 e. The van der Waals surface area contributed by atoms with Crippen molar-refractivity contribution >= 4 is 0 Å². The van der Waals surface area contributed by atoms with Gasteiger partial charge in [-0.25, -0.2) is 0 Å². The van der Waals surface area contributed by atoms with Crippen LogP contribution in [0.25, 0.3) is 0 Å². The van der Waals surface area contributed by atoms with Crippen LogP contribution in [0.3, 0.4) is 0 Å². The van der Waals surface area contributed by atoms with Crippen molar-refractivity contribution in [3.8, 4) is 0 Å². The van der Waals surface area contributed by atoms with Gasteiger partial charge < -0.3 is 20.2 Å². The van der Waals surface area contributed by atoms with Crippen molar-refractivity contribution in [2.45, 2.75) is 27.2 Å². The average Bonchev–Trinajstić information content (AvgIpc) is 1.90. The van der Waals surface area contributed by atoms with Crippen molar-refractivity contribution < 1.29 is 15.3 Å². The van der Waals surface area contributed by atoms with Gasteiger partial charge >= 0.3 is 0 Å². The zero-order valence-corrected chi connectivity index (χ0v) is 7.49. The molecule has 0 fully saturated rings. The molecule has 0 amide bonds. The molecule has 11 heavy (non-hydrogen) atoms. The molecule has 0 atom stereocenters. The van der Waals surface area contributed by atoms with Crippen molar-refractivity contribution in [2.75, 3.05) is 19.6 Å². The Morgan fingerprint density at radius 1 is 0.909 bits per heavy atom. The highest BCUT2D eigenvalue weighted by molar-refractivity contribution is 4.43.